The van der Waals surface area contributed by atoms with Gasteiger partial charge in [-0.25, -0.2) is 9.97 Å². The SMILES string of the molecule is Cc1cccc(Nc2nccn3c(-c4ccoc4)cnc23)c1. The van der Waals surface area contributed by atoms with E-state index in [1.807, 2.05) is 35.0 Å². The van der Waals surface area contributed by atoms with Crippen molar-refractivity contribution in [1.29, 1.82) is 0 Å². The largest absolute Gasteiger partial charge is 0.472 e. The van der Waals surface area contributed by atoms with Gasteiger partial charge in [0.15, 0.2) is 11.5 Å². The quantitative estimate of drug-likeness (QED) is 0.618. The molecule has 4 aromatic rings. The van der Waals surface area contributed by atoms with Crippen LogP contribution in [0.2, 0.25) is 0 Å². The lowest BCUT2D eigenvalue weighted by Crippen LogP contribution is -1.98. The average Bonchev–Trinajstić information content (AvgIpc) is 3.16. The molecular formula is C17H14N4O. The highest BCUT2D eigenvalue weighted by atomic mass is 16.3. The van der Waals surface area contributed by atoms with Gasteiger partial charge in [-0.05, 0) is 30.7 Å². The van der Waals surface area contributed by atoms with Gasteiger partial charge in [0.25, 0.3) is 0 Å². The maximum Gasteiger partial charge on any atom is 0.180 e. The molecule has 0 saturated heterocycles. The van der Waals surface area contributed by atoms with Crippen LogP contribution in [0.3, 0.4) is 0 Å². The Morgan fingerprint density at radius 3 is 2.95 bits per heavy atom. The minimum absolute atomic E-state index is 0.725. The van der Waals surface area contributed by atoms with Crippen molar-refractivity contribution in [2.45, 2.75) is 6.92 Å². The van der Waals surface area contributed by atoms with Crippen LogP contribution in [0.4, 0.5) is 11.5 Å². The van der Waals surface area contributed by atoms with Gasteiger partial charge in [-0.15, -0.1) is 0 Å². The van der Waals surface area contributed by atoms with Crippen LogP contribution in [0, 0.1) is 6.92 Å². The van der Waals surface area contributed by atoms with Crippen LogP contribution in [0.1, 0.15) is 5.56 Å². The van der Waals surface area contributed by atoms with E-state index in [0.717, 1.165) is 28.4 Å². The molecule has 4 rings (SSSR count). The van der Waals surface area contributed by atoms with E-state index in [1.54, 1.807) is 18.7 Å². The number of nitrogens with zero attached hydrogens (tertiary/aromatic N) is 3. The summed E-state index contributed by atoms with van der Waals surface area (Å²) in [4.78, 5) is 8.90. The average molecular weight is 290 g/mol. The summed E-state index contributed by atoms with van der Waals surface area (Å²) in [6.45, 7) is 2.06. The van der Waals surface area contributed by atoms with Gasteiger partial charge in [-0.2, -0.15) is 0 Å². The van der Waals surface area contributed by atoms with Crippen LogP contribution in [0.15, 0.2) is 65.9 Å². The topological polar surface area (TPSA) is 55.4 Å². The number of aromatic nitrogens is 3. The predicted molar refractivity (Wildman–Crippen MR) is 85.2 cm³/mol. The molecule has 3 aromatic heterocycles. The van der Waals surface area contributed by atoms with E-state index < -0.39 is 0 Å². The lowest BCUT2D eigenvalue weighted by molar-refractivity contribution is 0.568. The number of aryl methyl sites for hydroxylation is 1. The van der Waals surface area contributed by atoms with Gasteiger partial charge in [0.2, 0.25) is 0 Å². The van der Waals surface area contributed by atoms with E-state index in [2.05, 4.69) is 34.3 Å². The van der Waals surface area contributed by atoms with Crippen molar-refractivity contribution in [2.75, 3.05) is 5.32 Å². The number of anilines is 2. The van der Waals surface area contributed by atoms with Gasteiger partial charge in [0.05, 0.1) is 24.4 Å². The Morgan fingerprint density at radius 2 is 2.14 bits per heavy atom. The molecule has 22 heavy (non-hydrogen) atoms. The molecule has 0 radical (unpaired) electrons. The van der Waals surface area contributed by atoms with E-state index in [1.165, 1.54) is 5.56 Å². The highest BCUT2D eigenvalue weighted by molar-refractivity contribution is 5.74. The summed E-state index contributed by atoms with van der Waals surface area (Å²) in [5.74, 6) is 0.725. The third kappa shape index (κ3) is 2.13. The van der Waals surface area contributed by atoms with Crippen molar-refractivity contribution in [1.82, 2.24) is 14.4 Å². The molecule has 0 atom stereocenters. The molecule has 0 unspecified atom stereocenters. The summed E-state index contributed by atoms with van der Waals surface area (Å²) >= 11 is 0. The summed E-state index contributed by atoms with van der Waals surface area (Å²) in [5.41, 5.74) is 4.92. The predicted octanol–water partition coefficient (Wildman–Crippen LogP) is 4.04. The Bertz CT molecular complexity index is 925. The number of nitrogens with one attached hydrogen (secondary N) is 1. The number of hydrogen-bond acceptors (Lipinski definition) is 4. The standard InChI is InChI=1S/C17H14N4O/c1-12-3-2-4-14(9-12)20-16-17-19-10-15(13-5-8-22-11-13)21(17)7-6-18-16/h2-11H,1H3,(H,18,20). The van der Waals surface area contributed by atoms with E-state index in [-0.39, 0.29) is 0 Å². The molecule has 0 aliphatic rings. The van der Waals surface area contributed by atoms with Crippen LogP contribution in [0.5, 0.6) is 0 Å². The van der Waals surface area contributed by atoms with Crippen LogP contribution in [-0.4, -0.2) is 14.4 Å². The second-order valence-electron chi connectivity index (χ2n) is 5.12. The van der Waals surface area contributed by atoms with Crippen molar-refractivity contribution >= 4 is 17.2 Å². The Labute approximate surface area is 127 Å². The molecule has 1 N–H and O–H groups in total. The smallest absolute Gasteiger partial charge is 0.180 e. The molecule has 0 bridgehead atoms. The molecule has 0 fully saturated rings. The first-order valence-corrected chi connectivity index (χ1v) is 6.99. The summed E-state index contributed by atoms with van der Waals surface area (Å²) < 4.78 is 7.15. The van der Waals surface area contributed by atoms with Crippen molar-refractivity contribution in [3.63, 3.8) is 0 Å². The molecule has 0 spiro atoms. The Kier molecular flexibility index (Phi) is 2.89. The van der Waals surface area contributed by atoms with Crippen molar-refractivity contribution in [2.24, 2.45) is 0 Å². The first-order valence-electron chi connectivity index (χ1n) is 6.99. The first kappa shape index (κ1) is 12.6. The number of imidazole rings is 1. The Hall–Kier alpha value is -3.08. The highest BCUT2D eigenvalue weighted by Gasteiger charge is 2.11. The molecule has 0 saturated carbocycles. The highest BCUT2D eigenvalue weighted by Crippen LogP contribution is 2.25. The fourth-order valence-corrected chi connectivity index (χ4v) is 2.49. The van der Waals surface area contributed by atoms with Crippen LogP contribution in [-0.2, 0) is 0 Å². The number of fused-ring (bicyclic) bond motifs is 1. The van der Waals surface area contributed by atoms with E-state index in [9.17, 15) is 0 Å². The second kappa shape index (κ2) is 5.04. The maximum absolute atomic E-state index is 5.15. The Morgan fingerprint density at radius 1 is 1.18 bits per heavy atom. The van der Waals surface area contributed by atoms with Crippen molar-refractivity contribution < 1.29 is 4.42 Å². The van der Waals surface area contributed by atoms with Crippen molar-refractivity contribution in [3.8, 4) is 11.3 Å². The maximum atomic E-state index is 5.15. The number of hydrogen-bond donors (Lipinski definition) is 1. The minimum Gasteiger partial charge on any atom is -0.472 e. The molecule has 5 nitrogen and oxygen atoms in total. The zero-order chi connectivity index (χ0) is 14.9. The lowest BCUT2D eigenvalue weighted by atomic mass is 10.2. The summed E-state index contributed by atoms with van der Waals surface area (Å²) in [6.07, 6.45) is 8.84. The molecule has 0 aliphatic carbocycles. The first-order chi connectivity index (χ1) is 10.8. The third-order valence-corrected chi connectivity index (χ3v) is 3.53. The molecule has 1 aromatic carbocycles. The Balaban J connectivity index is 1.79. The summed E-state index contributed by atoms with van der Waals surface area (Å²) in [7, 11) is 0. The molecule has 0 aliphatic heterocycles. The van der Waals surface area contributed by atoms with Crippen LogP contribution >= 0.6 is 0 Å². The fraction of sp³-hybridized carbons (Fsp3) is 0.0588. The van der Waals surface area contributed by atoms with E-state index in [0.29, 0.717) is 0 Å². The monoisotopic (exact) mass is 290 g/mol. The van der Waals surface area contributed by atoms with Gasteiger partial charge in [-0.1, -0.05) is 12.1 Å². The lowest BCUT2D eigenvalue weighted by Gasteiger charge is -2.08. The zero-order valence-electron chi connectivity index (χ0n) is 12.0. The zero-order valence-corrected chi connectivity index (χ0v) is 12.0. The van der Waals surface area contributed by atoms with E-state index in [4.69, 9.17) is 4.42 Å². The number of furan rings is 1. The molecular weight excluding hydrogens is 276 g/mol. The minimum atomic E-state index is 0.725. The molecule has 3 heterocycles. The van der Waals surface area contributed by atoms with Gasteiger partial charge in [-0.3, -0.25) is 4.40 Å². The van der Waals surface area contributed by atoms with Gasteiger partial charge >= 0.3 is 0 Å². The van der Waals surface area contributed by atoms with Gasteiger partial charge in [0.1, 0.15) is 0 Å². The third-order valence-electron chi connectivity index (χ3n) is 3.53. The van der Waals surface area contributed by atoms with Crippen LogP contribution < -0.4 is 5.32 Å². The fourth-order valence-electron chi connectivity index (χ4n) is 2.49. The normalized spacial score (nSPS) is 11.0. The molecule has 5 heteroatoms. The van der Waals surface area contributed by atoms with Gasteiger partial charge in [0, 0.05) is 23.6 Å². The molecule has 108 valence electrons. The van der Waals surface area contributed by atoms with Gasteiger partial charge < -0.3 is 9.73 Å². The van der Waals surface area contributed by atoms with E-state index >= 15 is 0 Å². The van der Waals surface area contributed by atoms with Crippen molar-refractivity contribution in [3.05, 3.63) is 67.0 Å². The van der Waals surface area contributed by atoms with Crippen LogP contribution in [0.25, 0.3) is 16.9 Å². The second-order valence-corrected chi connectivity index (χ2v) is 5.12. The summed E-state index contributed by atoms with van der Waals surface area (Å²) in [6, 6.07) is 10.1. The summed E-state index contributed by atoms with van der Waals surface area (Å²) in [5, 5.41) is 3.33. The molecule has 0 amide bonds. The number of rotatable bonds is 3. The number of benzene rings is 1.